The maximum absolute atomic E-state index is 13.4. The predicted octanol–water partition coefficient (Wildman–Crippen LogP) is 2.63. The molecule has 1 saturated carbocycles. The molecule has 1 saturated heterocycles. The fraction of sp³-hybridized carbons (Fsp3) is 0.611. The van der Waals surface area contributed by atoms with Crippen molar-refractivity contribution < 1.29 is 9.13 Å². The standard InChI is InChI=1S/C18H27FN4O/c19-13-5-3-6-14(11-13)22-18(21-12-15-7-4-10-24-15)23-17-9-2-1-8-16(17)20/h3,5-6,11,15-17H,1-2,4,7-10,12,20H2,(H2,21,22,23)/t15?,16-,17-/m0/s1. The van der Waals surface area contributed by atoms with E-state index in [2.05, 4.69) is 15.6 Å². The Kier molecular flexibility index (Phi) is 6.04. The molecule has 6 heteroatoms. The summed E-state index contributed by atoms with van der Waals surface area (Å²) in [5, 5.41) is 6.63. The summed E-state index contributed by atoms with van der Waals surface area (Å²) >= 11 is 0. The third kappa shape index (κ3) is 4.92. The molecule has 1 heterocycles. The monoisotopic (exact) mass is 334 g/mol. The highest BCUT2D eigenvalue weighted by molar-refractivity contribution is 5.93. The van der Waals surface area contributed by atoms with Crippen LogP contribution in [0.3, 0.4) is 0 Å². The van der Waals surface area contributed by atoms with Crippen molar-refractivity contribution in [1.29, 1.82) is 0 Å². The van der Waals surface area contributed by atoms with E-state index in [-0.39, 0.29) is 24.0 Å². The summed E-state index contributed by atoms with van der Waals surface area (Å²) in [6.45, 7) is 1.42. The van der Waals surface area contributed by atoms with Gasteiger partial charge in [-0.3, -0.25) is 4.99 Å². The molecule has 1 unspecified atom stereocenters. The van der Waals surface area contributed by atoms with Gasteiger partial charge in [0.25, 0.3) is 0 Å². The van der Waals surface area contributed by atoms with E-state index < -0.39 is 0 Å². The maximum Gasteiger partial charge on any atom is 0.196 e. The topological polar surface area (TPSA) is 71.7 Å². The first-order chi connectivity index (χ1) is 11.7. The van der Waals surface area contributed by atoms with Crippen molar-refractivity contribution >= 4 is 11.6 Å². The Bertz CT molecular complexity index is 560. The molecule has 2 aliphatic rings. The van der Waals surface area contributed by atoms with Crippen LogP contribution in [0.4, 0.5) is 10.1 Å². The average molecular weight is 334 g/mol. The van der Waals surface area contributed by atoms with Crippen LogP contribution in [0.1, 0.15) is 38.5 Å². The Morgan fingerprint density at radius 1 is 1.25 bits per heavy atom. The summed E-state index contributed by atoms with van der Waals surface area (Å²) in [5.41, 5.74) is 6.91. The summed E-state index contributed by atoms with van der Waals surface area (Å²) in [7, 11) is 0. The fourth-order valence-electron chi connectivity index (χ4n) is 3.32. The number of aliphatic imine (C=N–C) groups is 1. The van der Waals surface area contributed by atoms with Gasteiger partial charge in [0.15, 0.2) is 5.96 Å². The van der Waals surface area contributed by atoms with Crippen LogP contribution in [0.15, 0.2) is 29.3 Å². The highest BCUT2D eigenvalue weighted by atomic mass is 19.1. The van der Waals surface area contributed by atoms with Crippen LogP contribution in [0.2, 0.25) is 0 Å². The van der Waals surface area contributed by atoms with Gasteiger partial charge < -0.3 is 21.1 Å². The number of guanidine groups is 1. The Morgan fingerprint density at radius 3 is 2.88 bits per heavy atom. The number of nitrogens with two attached hydrogens (primary N) is 1. The van der Waals surface area contributed by atoms with E-state index in [9.17, 15) is 4.39 Å². The molecule has 1 aromatic rings. The molecule has 4 N–H and O–H groups in total. The van der Waals surface area contributed by atoms with E-state index in [0.717, 1.165) is 32.3 Å². The smallest absolute Gasteiger partial charge is 0.196 e. The Hall–Kier alpha value is -1.66. The van der Waals surface area contributed by atoms with Crippen LogP contribution in [-0.2, 0) is 4.74 Å². The molecule has 0 bridgehead atoms. The minimum atomic E-state index is -0.271. The Labute approximate surface area is 142 Å². The van der Waals surface area contributed by atoms with Gasteiger partial charge in [-0.2, -0.15) is 0 Å². The lowest BCUT2D eigenvalue weighted by molar-refractivity contribution is 0.117. The van der Waals surface area contributed by atoms with Crippen LogP contribution in [-0.4, -0.2) is 37.3 Å². The van der Waals surface area contributed by atoms with Crippen LogP contribution in [0, 0.1) is 5.82 Å². The van der Waals surface area contributed by atoms with Crippen molar-refractivity contribution in [2.24, 2.45) is 10.7 Å². The van der Waals surface area contributed by atoms with Crippen molar-refractivity contribution in [1.82, 2.24) is 5.32 Å². The van der Waals surface area contributed by atoms with Crippen molar-refractivity contribution in [2.45, 2.75) is 56.7 Å². The van der Waals surface area contributed by atoms with Gasteiger partial charge in [0.05, 0.1) is 12.6 Å². The fourth-order valence-corrected chi connectivity index (χ4v) is 3.32. The van der Waals surface area contributed by atoms with Crippen molar-refractivity contribution in [3.8, 4) is 0 Å². The van der Waals surface area contributed by atoms with Crippen LogP contribution in [0.5, 0.6) is 0 Å². The molecule has 0 spiro atoms. The summed E-state index contributed by atoms with van der Waals surface area (Å²) in [6, 6.07) is 6.72. The first kappa shape index (κ1) is 17.2. The number of anilines is 1. The highest BCUT2D eigenvalue weighted by Gasteiger charge is 2.23. The number of benzene rings is 1. The van der Waals surface area contributed by atoms with Gasteiger partial charge in [-0.05, 0) is 43.9 Å². The first-order valence-corrected chi connectivity index (χ1v) is 8.91. The maximum atomic E-state index is 13.4. The lowest BCUT2D eigenvalue weighted by Crippen LogP contribution is -2.51. The zero-order valence-electron chi connectivity index (χ0n) is 14.0. The molecule has 0 aromatic heterocycles. The third-order valence-corrected chi connectivity index (χ3v) is 4.71. The second kappa shape index (κ2) is 8.44. The van der Waals surface area contributed by atoms with Gasteiger partial charge in [0, 0.05) is 24.4 Å². The number of nitrogens with one attached hydrogen (secondary N) is 2. The van der Waals surface area contributed by atoms with E-state index in [1.165, 1.54) is 25.0 Å². The summed E-state index contributed by atoms with van der Waals surface area (Å²) < 4.78 is 19.1. The Balaban J connectivity index is 1.68. The lowest BCUT2D eigenvalue weighted by atomic mass is 9.91. The van der Waals surface area contributed by atoms with Gasteiger partial charge in [0.2, 0.25) is 0 Å². The molecule has 5 nitrogen and oxygen atoms in total. The van der Waals surface area contributed by atoms with E-state index in [1.54, 1.807) is 6.07 Å². The molecule has 1 aromatic carbocycles. The van der Waals surface area contributed by atoms with E-state index in [1.807, 2.05) is 6.07 Å². The molecule has 132 valence electrons. The van der Waals surface area contributed by atoms with Crippen molar-refractivity contribution in [3.05, 3.63) is 30.1 Å². The highest BCUT2D eigenvalue weighted by Crippen LogP contribution is 2.18. The second-order valence-corrected chi connectivity index (χ2v) is 6.66. The number of ether oxygens (including phenoxy) is 1. The van der Waals surface area contributed by atoms with Gasteiger partial charge in [-0.25, -0.2) is 4.39 Å². The third-order valence-electron chi connectivity index (χ3n) is 4.71. The van der Waals surface area contributed by atoms with Crippen molar-refractivity contribution in [2.75, 3.05) is 18.5 Å². The van der Waals surface area contributed by atoms with Gasteiger partial charge >= 0.3 is 0 Å². The minimum absolute atomic E-state index is 0.126. The van der Waals surface area contributed by atoms with E-state index in [4.69, 9.17) is 10.5 Å². The van der Waals surface area contributed by atoms with Crippen LogP contribution < -0.4 is 16.4 Å². The van der Waals surface area contributed by atoms with E-state index >= 15 is 0 Å². The molecule has 3 rings (SSSR count). The zero-order chi connectivity index (χ0) is 16.8. The SMILES string of the molecule is N[C@H]1CCCC[C@@H]1NC(=NCC1CCCO1)Nc1cccc(F)c1. The lowest BCUT2D eigenvalue weighted by Gasteiger charge is -2.30. The molecule has 1 aliphatic heterocycles. The summed E-state index contributed by atoms with van der Waals surface area (Å²) in [6.07, 6.45) is 6.72. The number of halogens is 1. The van der Waals surface area contributed by atoms with Gasteiger partial charge in [-0.15, -0.1) is 0 Å². The number of nitrogens with zero attached hydrogens (tertiary/aromatic N) is 1. The van der Waals surface area contributed by atoms with E-state index in [0.29, 0.717) is 18.2 Å². The first-order valence-electron chi connectivity index (χ1n) is 8.91. The molecule has 3 atom stereocenters. The van der Waals surface area contributed by atoms with Gasteiger partial charge in [-0.1, -0.05) is 18.9 Å². The summed E-state index contributed by atoms with van der Waals surface area (Å²) in [5.74, 6) is 0.381. The quantitative estimate of drug-likeness (QED) is 0.585. The molecule has 0 radical (unpaired) electrons. The normalized spacial score (nSPS) is 27.9. The summed E-state index contributed by atoms with van der Waals surface area (Å²) in [4.78, 5) is 4.65. The van der Waals surface area contributed by atoms with Crippen LogP contribution >= 0.6 is 0 Å². The molecular formula is C18H27FN4O. The molecule has 1 aliphatic carbocycles. The molecule has 0 amide bonds. The Morgan fingerprint density at radius 2 is 2.12 bits per heavy atom. The largest absolute Gasteiger partial charge is 0.376 e. The molecule has 24 heavy (non-hydrogen) atoms. The molecule has 2 fully saturated rings. The van der Waals surface area contributed by atoms with Crippen molar-refractivity contribution in [3.63, 3.8) is 0 Å². The van der Waals surface area contributed by atoms with Gasteiger partial charge in [0.1, 0.15) is 5.82 Å². The molecular weight excluding hydrogens is 307 g/mol. The number of hydrogen-bond acceptors (Lipinski definition) is 3. The minimum Gasteiger partial charge on any atom is -0.376 e. The van der Waals surface area contributed by atoms with Crippen LogP contribution in [0.25, 0.3) is 0 Å². The zero-order valence-corrected chi connectivity index (χ0v) is 14.0. The second-order valence-electron chi connectivity index (χ2n) is 6.66. The predicted molar refractivity (Wildman–Crippen MR) is 94.7 cm³/mol. The number of hydrogen-bond donors (Lipinski definition) is 3. The number of rotatable bonds is 4. The average Bonchev–Trinajstić information content (AvgIpc) is 3.08.